The quantitative estimate of drug-likeness (QED) is 0.411. The molecule has 4 unspecified atom stereocenters. The summed E-state index contributed by atoms with van der Waals surface area (Å²) in [6, 6.07) is 6.94. The maximum absolute atomic E-state index is 13.9. The third-order valence-corrected chi connectivity index (χ3v) is 8.60. The fraction of sp³-hybridized carbons (Fsp3) is 0.567. The first-order valence-corrected chi connectivity index (χ1v) is 13.7. The van der Waals surface area contributed by atoms with Crippen LogP contribution in [0.15, 0.2) is 42.7 Å². The molecule has 4 atom stereocenters. The topological polar surface area (TPSA) is 97.1 Å². The van der Waals surface area contributed by atoms with Crippen molar-refractivity contribution in [1.29, 1.82) is 0 Å². The number of carbonyl (C=O) groups is 2. The van der Waals surface area contributed by atoms with Gasteiger partial charge in [-0.05, 0) is 86.1 Å². The number of nitrogens with two attached hydrogens (primary N) is 1. The van der Waals surface area contributed by atoms with E-state index >= 15 is 0 Å². The fourth-order valence-corrected chi connectivity index (χ4v) is 6.49. The molecule has 2 fully saturated rings. The van der Waals surface area contributed by atoms with Gasteiger partial charge in [-0.15, -0.1) is 0 Å². The summed E-state index contributed by atoms with van der Waals surface area (Å²) in [5.41, 5.74) is 6.47. The van der Waals surface area contributed by atoms with E-state index in [2.05, 4.69) is 29.5 Å². The van der Waals surface area contributed by atoms with Gasteiger partial charge in [0, 0.05) is 36.1 Å². The van der Waals surface area contributed by atoms with Gasteiger partial charge in [0.1, 0.15) is 0 Å². The minimum atomic E-state index is -0.944. The Morgan fingerprint density at radius 1 is 1.08 bits per heavy atom. The largest absolute Gasteiger partial charge is 0.354 e. The van der Waals surface area contributed by atoms with Gasteiger partial charge in [-0.3, -0.25) is 14.6 Å². The van der Waals surface area contributed by atoms with Gasteiger partial charge in [0.05, 0.1) is 5.41 Å². The van der Waals surface area contributed by atoms with E-state index in [-0.39, 0.29) is 30.3 Å². The standard InChI is InChI=1S/C30H40F2N4O2/c1-19(2)13-20-14-21(17-29(3,16-20)27(37)36-23-7-11-34-12-8-23)26(33)18-35-28(38)30(9-4-10-30)22-5-6-24(31)25(32)15-22/h5-8,11-12,15,19-21,26H,4,9-10,13-14,16-18,33H2,1-3H3,(H,35,38)(H,34,36,37). The van der Waals surface area contributed by atoms with Crippen LogP contribution in [0.4, 0.5) is 14.5 Å². The predicted octanol–water partition coefficient (Wildman–Crippen LogP) is 5.33. The first-order chi connectivity index (χ1) is 18.0. The molecule has 1 aromatic heterocycles. The van der Waals surface area contributed by atoms with Gasteiger partial charge in [0.2, 0.25) is 11.8 Å². The molecular formula is C30H40F2N4O2. The Kier molecular flexibility index (Phi) is 8.50. The molecule has 2 aromatic rings. The van der Waals surface area contributed by atoms with Crippen molar-refractivity contribution in [2.24, 2.45) is 28.9 Å². The Hall–Kier alpha value is -2.87. The predicted molar refractivity (Wildman–Crippen MR) is 144 cm³/mol. The zero-order chi connectivity index (χ0) is 27.5. The molecule has 0 saturated heterocycles. The molecule has 2 aliphatic carbocycles. The second kappa shape index (κ2) is 11.5. The van der Waals surface area contributed by atoms with Crippen molar-refractivity contribution in [3.8, 4) is 0 Å². The zero-order valence-corrected chi connectivity index (χ0v) is 22.6. The third kappa shape index (κ3) is 6.06. The van der Waals surface area contributed by atoms with Crippen LogP contribution >= 0.6 is 0 Å². The van der Waals surface area contributed by atoms with Crippen LogP contribution in [0.5, 0.6) is 0 Å². The number of nitrogens with zero attached hydrogens (tertiary/aromatic N) is 1. The summed E-state index contributed by atoms with van der Waals surface area (Å²) in [4.78, 5) is 30.8. The number of amides is 2. The van der Waals surface area contributed by atoms with Crippen molar-refractivity contribution in [1.82, 2.24) is 10.3 Å². The minimum absolute atomic E-state index is 0.0230. The van der Waals surface area contributed by atoms with Crippen LogP contribution in [-0.2, 0) is 15.0 Å². The van der Waals surface area contributed by atoms with Gasteiger partial charge < -0.3 is 16.4 Å². The molecule has 0 bridgehead atoms. The maximum Gasteiger partial charge on any atom is 0.230 e. The molecule has 1 heterocycles. The first-order valence-electron chi connectivity index (χ1n) is 13.7. The lowest BCUT2D eigenvalue weighted by molar-refractivity contribution is -0.131. The Morgan fingerprint density at radius 3 is 2.39 bits per heavy atom. The number of anilines is 1. The second-order valence-corrected chi connectivity index (χ2v) is 12.1. The van der Waals surface area contributed by atoms with Gasteiger partial charge in [-0.25, -0.2) is 8.78 Å². The van der Waals surface area contributed by atoms with Crippen molar-refractivity contribution in [3.63, 3.8) is 0 Å². The highest BCUT2D eigenvalue weighted by atomic mass is 19.2. The molecule has 38 heavy (non-hydrogen) atoms. The Balaban J connectivity index is 1.44. The fourth-order valence-electron chi connectivity index (χ4n) is 6.49. The Bertz CT molecular complexity index is 1140. The van der Waals surface area contributed by atoms with Crippen molar-refractivity contribution < 1.29 is 18.4 Å². The van der Waals surface area contributed by atoms with Gasteiger partial charge in [-0.1, -0.05) is 33.3 Å². The van der Waals surface area contributed by atoms with Crippen LogP contribution < -0.4 is 16.4 Å². The second-order valence-electron chi connectivity index (χ2n) is 12.1. The molecule has 4 rings (SSSR count). The molecule has 2 saturated carbocycles. The normalized spacial score (nSPS) is 25.3. The lowest BCUT2D eigenvalue weighted by atomic mass is 9.62. The van der Waals surface area contributed by atoms with E-state index < -0.39 is 22.5 Å². The molecule has 4 N–H and O–H groups in total. The van der Waals surface area contributed by atoms with E-state index in [0.717, 1.165) is 37.8 Å². The number of pyridine rings is 1. The summed E-state index contributed by atoms with van der Waals surface area (Å²) in [7, 11) is 0. The summed E-state index contributed by atoms with van der Waals surface area (Å²) in [5.74, 6) is -1.18. The zero-order valence-electron chi connectivity index (χ0n) is 22.6. The molecule has 0 spiro atoms. The van der Waals surface area contributed by atoms with E-state index in [1.165, 1.54) is 6.07 Å². The van der Waals surface area contributed by atoms with Crippen LogP contribution in [-0.4, -0.2) is 29.4 Å². The van der Waals surface area contributed by atoms with Crippen molar-refractivity contribution >= 4 is 17.5 Å². The summed E-state index contributed by atoms with van der Waals surface area (Å²) in [5, 5.41) is 6.07. The average Bonchev–Trinajstić information content (AvgIpc) is 2.84. The monoisotopic (exact) mass is 526 g/mol. The summed E-state index contributed by atoms with van der Waals surface area (Å²) < 4.78 is 27.4. The molecule has 1 aromatic carbocycles. The van der Waals surface area contributed by atoms with E-state index in [1.807, 2.05) is 6.92 Å². The van der Waals surface area contributed by atoms with Gasteiger partial charge in [-0.2, -0.15) is 0 Å². The van der Waals surface area contributed by atoms with Crippen LogP contribution in [0.2, 0.25) is 0 Å². The minimum Gasteiger partial charge on any atom is -0.354 e. The van der Waals surface area contributed by atoms with Crippen LogP contribution in [0, 0.1) is 34.8 Å². The highest BCUT2D eigenvalue weighted by molar-refractivity contribution is 5.95. The molecular weight excluding hydrogens is 486 g/mol. The molecule has 0 aliphatic heterocycles. The Labute approximate surface area is 224 Å². The van der Waals surface area contributed by atoms with Crippen LogP contribution in [0.3, 0.4) is 0 Å². The number of benzene rings is 1. The molecule has 6 nitrogen and oxygen atoms in total. The molecule has 8 heteroatoms. The average molecular weight is 527 g/mol. The smallest absolute Gasteiger partial charge is 0.230 e. The van der Waals surface area contributed by atoms with E-state index in [9.17, 15) is 18.4 Å². The van der Waals surface area contributed by atoms with Crippen molar-refractivity contribution in [2.45, 2.75) is 77.2 Å². The van der Waals surface area contributed by atoms with Gasteiger partial charge in [0.15, 0.2) is 11.6 Å². The number of hydrogen-bond acceptors (Lipinski definition) is 4. The van der Waals surface area contributed by atoms with Crippen molar-refractivity contribution in [3.05, 3.63) is 59.9 Å². The van der Waals surface area contributed by atoms with E-state index in [4.69, 9.17) is 5.73 Å². The van der Waals surface area contributed by atoms with E-state index in [0.29, 0.717) is 42.3 Å². The van der Waals surface area contributed by atoms with Gasteiger partial charge >= 0.3 is 0 Å². The molecule has 206 valence electrons. The number of hydrogen-bond donors (Lipinski definition) is 3. The lowest BCUT2D eigenvalue weighted by Gasteiger charge is -2.44. The number of aromatic nitrogens is 1. The first kappa shape index (κ1) is 28.1. The number of halogens is 2. The lowest BCUT2D eigenvalue weighted by Crippen LogP contribution is -2.54. The van der Waals surface area contributed by atoms with Crippen molar-refractivity contribution in [2.75, 3.05) is 11.9 Å². The summed E-state index contributed by atoms with van der Waals surface area (Å²) >= 11 is 0. The number of carbonyl (C=O) groups excluding carboxylic acids is 2. The third-order valence-electron chi connectivity index (χ3n) is 8.60. The highest BCUT2D eigenvalue weighted by Crippen LogP contribution is 2.47. The van der Waals surface area contributed by atoms with E-state index in [1.54, 1.807) is 24.5 Å². The SMILES string of the molecule is CC(C)CC1CC(C(N)CNC(=O)C2(c3ccc(F)c(F)c3)CCC2)CC(C)(C(=O)Nc2ccncc2)C1. The molecule has 0 radical (unpaired) electrons. The number of rotatable bonds is 9. The maximum atomic E-state index is 13.9. The summed E-state index contributed by atoms with van der Waals surface area (Å²) in [6.07, 6.45) is 8.66. The van der Waals surface area contributed by atoms with Gasteiger partial charge in [0.25, 0.3) is 0 Å². The Morgan fingerprint density at radius 2 is 1.79 bits per heavy atom. The molecule has 2 amide bonds. The highest BCUT2D eigenvalue weighted by Gasteiger charge is 2.47. The summed E-state index contributed by atoms with van der Waals surface area (Å²) in [6.45, 7) is 6.66. The van der Waals surface area contributed by atoms with Crippen LogP contribution in [0.25, 0.3) is 0 Å². The van der Waals surface area contributed by atoms with Crippen LogP contribution in [0.1, 0.15) is 71.3 Å². The molecule has 2 aliphatic rings. The number of nitrogens with one attached hydrogen (secondary N) is 2.